The summed E-state index contributed by atoms with van der Waals surface area (Å²) in [5.74, 6) is 0.202. The van der Waals surface area contributed by atoms with Crippen molar-refractivity contribution in [3.63, 3.8) is 0 Å². The molecule has 2 saturated heterocycles. The second-order valence-corrected chi connectivity index (χ2v) is 8.19. The molecule has 0 radical (unpaired) electrons. The molecule has 0 aromatic carbocycles. The normalized spacial score (nSPS) is 26.0. The van der Waals surface area contributed by atoms with Crippen molar-refractivity contribution < 1.29 is 18.0 Å². The highest BCUT2D eigenvalue weighted by Crippen LogP contribution is 2.28. The molecule has 3 fully saturated rings. The molecular formula is C13H21N3O4S. The highest BCUT2D eigenvalue weighted by atomic mass is 32.2. The summed E-state index contributed by atoms with van der Waals surface area (Å²) in [6.45, 7) is 0.507. The van der Waals surface area contributed by atoms with Gasteiger partial charge in [0.05, 0.1) is 18.3 Å². The van der Waals surface area contributed by atoms with E-state index in [1.807, 2.05) is 0 Å². The molecule has 0 bridgehead atoms. The fourth-order valence-corrected chi connectivity index (χ4v) is 5.31. The maximum atomic E-state index is 12.3. The van der Waals surface area contributed by atoms with Crippen LogP contribution in [0, 0.1) is 5.92 Å². The first kappa shape index (κ1) is 14.8. The monoisotopic (exact) mass is 315 g/mol. The Labute approximate surface area is 124 Å². The Kier molecular flexibility index (Phi) is 3.92. The van der Waals surface area contributed by atoms with Crippen LogP contribution >= 0.6 is 0 Å². The Morgan fingerprint density at radius 2 is 1.76 bits per heavy atom. The van der Waals surface area contributed by atoms with Crippen LogP contribution in [0.1, 0.15) is 32.1 Å². The minimum absolute atomic E-state index is 0.0180. The standard InChI is InChI=1S/C13H21N3O4S/c17-12-6-14-13(18)16(12)11-7-15(8-11)21(19,20)9-10-4-2-1-3-5-10/h10-11H,1-9H2,(H,14,18). The molecule has 7 nitrogen and oxygen atoms in total. The van der Waals surface area contributed by atoms with Gasteiger partial charge in [-0.3, -0.25) is 9.69 Å². The van der Waals surface area contributed by atoms with E-state index < -0.39 is 16.1 Å². The van der Waals surface area contributed by atoms with E-state index in [0.29, 0.717) is 0 Å². The second kappa shape index (κ2) is 5.57. The summed E-state index contributed by atoms with van der Waals surface area (Å²) in [6.07, 6.45) is 5.41. The van der Waals surface area contributed by atoms with Gasteiger partial charge in [-0.15, -0.1) is 0 Å². The van der Waals surface area contributed by atoms with E-state index in [-0.39, 0.29) is 43.3 Å². The van der Waals surface area contributed by atoms with Crippen molar-refractivity contribution in [2.75, 3.05) is 25.4 Å². The number of nitrogens with zero attached hydrogens (tertiary/aromatic N) is 2. The largest absolute Gasteiger partial charge is 0.329 e. The molecule has 0 spiro atoms. The molecule has 0 atom stereocenters. The molecule has 2 aliphatic heterocycles. The second-order valence-electron chi connectivity index (χ2n) is 6.18. The number of carbonyl (C=O) groups excluding carboxylic acids is 2. The van der Waals surface area contributed by atoms with E-state index in [1.54, 1.807) is 0 Å². The number of nitrogens with one attached hydrogen (secondary N) is 1. The quantitative estimate of drug-likeness (QED) is 0.747. The van der Waals surface area contributed by atoms with E-state index in [1.165, 1.54) is 10.7 Å². The van der Waals surface area contributed by atoms with Crippen LogP contribution in [0.2, 0.25) is 0 Å². The van der Waals surface area contributed by atoms with Crippen molar-refractivity contribution in [3.05, 3.63) is 0 Å². The molecule has 1 N–H and O–H groups in total. The van der Waals surface area contributed by atoms with Crippen LogP contribution in [0.4, 0.5) is 4.79 Å². The number of imide groups is 1. The minimum atomic E-state index is -3.26. The predicted octanol–water partition coefficient (Wildman–Crippen LogP) is 0.132. The van der Waals surface area contributed by atoms with E-state index in [4.69, 9.17) is 0 Å². The summed E-state index contributed by atoms with van der Waals surface area (Å²) in [5.41, 5.74) is 0. The van der Waals surface area contributed by atoms with Crippen molar-refractivity contribution in [2.24, 2.45) is 5.92 Å². The number of carbonyl (C=O) groups is 2. The summed E-state index contributed by atoms with van der Waals surface area (Å²) < 4.78 is 26.1. The smallest absolute Gasteiger partial charge is 0.324 e. The van der Waals surface area contributed by atoms with Gasteiger partial charge in [-0.05, 0) is 18.8 Å². The van der Waals surface area contributed by atoms with Gasteiger partial charge in [-0.25, -0.2) is 13.2 Å². The number of hydrogen-bond donors (Lipinski definition) is 1. The van der Waals surface area contributed by atoms with Gasteiger partial charge in [0.1, 0.15) is 0 Å². The van der Waals surface area contributed by atoms with Crippen LogP contribution in [0.15, 0.2) is 0 Å². The van der Waals surface area contributed by atoms with Gasteiger partial charge in [0.2, 0.25) is 15.9 Å². The zero-order valence-corrected chi connectivity index (χ0v) is 12.8. The van der Waals surface area contributed by atoms with Crippen molar-refractivity contribution in [1.29, 1.82) is 0 Å². The number of urea groups is 1. The molecule has 118 valence electrons. The molecule has 3 aliphatic rings. The lowest BCUT2D eigenvalue weighted by Gasteiger charge is -2.42. The third kappa shape index (κ3) is 2.91. The third-order valence-corrected chi connectivity index (χ3v) is 6.61. The van der Waals surface area contributed by atoms with E-state index in [2.05, 4.69) is 5.32 Å². The number of rotatable bonds is 4. The average Bonchev–Trinajstić information content (AvgIpc) is 2.69. The fourth-order valence-electron chi connectivity index (χ4n) is 3.37. The van der Waals surface area contributed by atoms with E-state index in [0.717, 1.165) is 30.6 Å². The molecule has 0 unspecified atom stereocenters. The highest BCUT2D eigenvalue weighted by Gasteiger charge is 2.45. The summed E-state index contributed by atoms with van der Waals surface area (Å²) in [4.78, 5) is 24.2. The van der Waals surface area contributed by atoms with Gasteiger partial charge in [0, 0.05) is 13.1 Å². The average molecular weight is 315 g/mol. The zero-order valence-electron chi connectivity index (χ0n) is 12.0. The summed E-state index contributed by atoms with van der Waals surface area (Å²) in [5, 5.41) is 2.46. The maximum absolute atomic E-state index is 12.3. The number of amides is 3. The summed E-state index contributed by atoms with van der Waals surface area (Å²) in [6, 6.07) is -0.713. The Balaban J connectivity index is 1.55. The van der Waals surface area contributed by atoms with Gasteiger partial charge in [-0.1, -0.05) is 19.3 Å². The molecule has 0 aromatic heterocycles. The molecule has 3 amide bonds. The SMILES string of the molecule is O=C1CNC(=O)N1C1CN(S(=O)(=O)CC2CCCCC2)C1. The molecular weight excluding hydrogens is 294 g/mol. The first-order valence-corrected chi connectivity index (χ1v) is 9.16. The first-order valence-electron chi connectivity index (χ1n) is 7.55. The Morgan fingerprint density at radius 1 is 1.10 bits per heavy atom. The number of hydrogen-bond acceptors (Lipinski definition) is 4. The summed E-state index contributed by atoms with van der Waals surface area (Å²) in [7, 11) is -3.26. The lowest BCUT2D eigenvalue weighted by Crippen LogP contribution is -2.63. The van der Waals surface area contributed by atoms with Crippen LogP contribution in [0.3, 0.4) is 0 Å². The van der Waals surface area contributed by atoms with Gasteiger partial charge < -0.3 is 5.32 Å². The molecule has 1 saturated carbocycles. The lowest BCUT2D eigenvalue weighted by atomic mass is 9.91. The Morgan fingerprint density at radius 3 is 2.33 bits per heavy atom. The lowest BCUT2D eigenvalue weighted by molar-refractivity contribution is -0.128. The molecule has 8 heteroatoms. The fraction of sp³-hybridized carbons (Fsp3) is 0.846. The topological polar surface area (TPSA) is 86.8 Å². The number of sulfonamides is 1. The molecule has 3 rings (SSSR count). The summed E-state index contributed by atoms with van der Waals surface area (Å²) >= 11 is 0. The van der Waals surface area contributed by atoms with Crippen LogP contribution < -0.4 is 5.32 Å². The minimum Gasteiger partial charge on any atom is -0.329 e. The van der Waals surface area contributed by atoms with Crippen LogP contribution in [-0.4, -0.2) is 61.0 Å². The molecule has 2 heterocycles. The molecule has 1 aliphatic carbocycles. The zero-order chi connectivity index (χ0) is 15.0. The van der Waals surface area contributed by atoms with Crippen molar-refractivity contribution in [1.82, 2.24) is 14.5 Å². The molecule has 0 aromatic rings. The van der Waals surface area contributed by atoms with Gasteiger partial charge in [0.15, 0.2) is 0 Å². The third-order valence-electron chi connectivity index (χ3n) is 4.64. The Bertz CT molecular complexity index is 520. The van der Waals surface area contributed by atoms with E-state index >= 15 is 0 Å². The van der Waals surface area contributed by atoms with E-state index in [9.17, 15) is 18.0 Å². The highest BCUT2D eigenvalue weighted by molar-refractivity contribution is 7.89. The van der Waals surface area contributed by atoms with Crippen molar-refractivity contribution >= 4 is 22.0 Å². The maximum Gasteiger partial charge on any atom is 0.324 e. The predicted molar refractivity (Wildman–Crippen MR) is 76.0 cm³/mol. The van der Waals surface area contributed by atoms with Gasteiger partial charge in [-0.2, -0.15) is 4.31 Å². The first-order chi connectivity index (χ1) is 9.97. The van der Waals surface area contributed by atoms with Crippen LogP contribution in [0.5, 0.6) is 0 Å². The van der Waals surface area contributed by atoms with Crippen LogP contribution in [-0.2, 0) is 14.8 Å². The van der Waals surface area contributed by atoms with Gasteiger partial charge in [0.25, 0.3) is 0 Å². The van der Waals surface area contributed by atoms with Crippen molar-refractivity contribution in [3.8, 4) is 0 Å². The molecule has 21 heavy (non-hydrogen) atoms. The Hall–Kier alpha value is -1.15. The van der Waals surface area contributed by atoms with Crippen molar-refractivity contribution in [2.45, 2.75) is 38.1 Å². The van der Waals surface area contributed by atoms with Gasteiger partial charge >= 0.3 is 6.03 Å². The van der Waals surface area contributed by atoms with Crippen LogP contribution in [0.25, 0.3) is 0 Å².